The standard InChI is InChI=1S/C22H31NO5/c1-14-7-8-17-18(11-14)28-19(15-5-4-6-16(12-15)21(25)26)13-22(17,2)23-20(24)9-10-27-3/h4-6,12,14,17-19H,7-11,13H2,1-3H3,(H,23,24)(H,25,26)/t14-,17-,18-,19-,22-/m1/s1. The van der Waals surface area contributed by atoms with Gasteiger partial charge in [-0.25, -0.2) is 4.79 Å². The molecule has 1 aliphatic carbocycles. The number of aromatic carboxylic acids is 1. The lowest BCUT2D eigenvalue weighted by Gasteiger charge is -2.52. The second-order valence-electron chi connectivity index (χ2n) is 8.53. The third-order valence-electron chi connectivity index (χ3n) is 6.28. The summed E-state index contributed by atoms with van der Waals surface area (Å²) in [5.74, 6) is -0.119. The van der Waals surface area contributed by atoms with Crippen molar-refractivity contribution in [2.75, 3.05) is 13.7 Å². The maximum absolute atomic E-state index is 12.5. The van der Waals surface area contributed by atoms with Crippen LogP contribution in [-0.4, -0.2) is 42.3 Å². The van der Waals surface area contributed by atoms with Crippen LogP contribution in [0.2, 0.25) is 0 Å². The van der Waals surface area contributed by atoms with Crippen molar-refractivity contribution in [1.29, 1.82) is 0 Å². The number of carbonyl (C=O) groups excluding carboxylic acids is 1. The van der Waals surface area contributed by atoms with Crippen molar-refractivity contribution in [1.82, 2.24) is 5.32 Å². The molecular weight excluding hydrogens is 358 g/mol. The highest BCUT2D eigenvalue weighted by atomic mass is 16.5. The molecule has 1 amide bonds. The fraction of sp³-hybridized carbons (Fsp3) is 0.636. The van der Waals surface area contributed by atoms with E-state index in [9.17, 15) is 14.7 Å². The van der Waals surface area contributed by atoms with Crippen LogP contribution in [0.25, 0.3) is 0 Å². The molecule has 1 aromatic rings. The average Bonchev–Trinajstić information content (AvgIpc) is 2.65. The Balaban J connectivity index is 1.86. The van der Waals surface area contributed by atoms with Crippen molar-refractivity contribution < 1.29 is 24.2 Å². The summed E-state index contributed by atoms with van der Waals surface area (Å²) in [5, 5.41) is 12.6. The molecule has 0 spiro atoms. The van der Waals surface area contributed by atoms with Crippen LogP contribution in [0.15, 0.2) is 24.3 Å². The summed E-state index contributed by atoms with van der Waals surface area (Å²) in [6.07, 6.45) is 3.90. The maximum atomic E-state index is 12.5. The molecule has 0 unspecified atom stereocenters. The van der Waals surface area contributed by atoms with Gasteiger partial charge in [-0.05, 0) is 43.4 Å². The van der Waals surface area contributed by atoms with Crippen LogP contribution in [0, 0.1) is 11.8 Å². The van der Waals surface area contributed by atoms with Gasteiger partial charge in [-0.2, -0.15) is 0 Å². The summed E-state index contributed by atoms with van der Waals surface area (Å²) in [6.45, 7) is 4.75. The first-order valence-electron chi connectivity index (χ1n) is 10.1. The van der Waals surface area contributed by atoms with E-state index in [0.717, 1.165) is 24.8 Å². The summed E-state index contributed by atoms with van der Waals surface area (Å²) in [5.41, 5.74) is 0.720. The second kappa shape index (κ2) is 8.62. The molecule has 2 N–H and O–H groups in total. The SMILES string of the molecule is COCCC(=O)N[C@]1(C)C[C@H](c2cccc(C(=O)O)c2)O[C@@H]2C[C@H](C)CC[C@H]21. The predicted octanol–water partition coefficient (Wildman–Crippen LogP) is 3.56. The summed E-state index contributed by atoms with van der Waals surface area (Å²) in [7, 11) is 1.59. The Hall–Kier alpha value is -1.92. The van der Waals surface area contributed by atoms with Gasteiger partial charge in [0.2, 0.25) is 5.91 Å². The van der Waals surface area contributed by atoms with Crippen molar-refractivity contribution in [3.63, 3.8) is 0 Å². The van der Waals surface area contributed by atoms with Gasteiger partial charge >= 0.3 is 5.97 Å². The zero-order valence-electron chi connectivity index (χ0n) is 16.9. The number of methoxy groups -OCH3 is 1. The molecule has 1 aromatic carbocycles. The Morgan fingerprint density at radius 2 is 2.14 bits per heavy atom. The van der Waals surface area contributed by atoms with E-state index < -0.39 is 11.5 Å². The van der Waals surface area contributed by atoms with Crippen molar-refractivity contribution in [2.24, 2.45) is 11.8 Å². The Morgan fingerprint density at radius 1 is 1.36 bits per heavy atom. The van der Waals surface area contributed by atoms with Gasteiger partial charge < -0.3 is 19.9 Å². The predicted molar refractivity (Wildman–Crippen MR) is 105 cm³/mol. The maximum Gasteiger partial charge on any atom is 0.335 e. The number of benzene rings is 1. The lowest BCUT2D eigenvalue weighted by molar-refractivity contribution is -0.154. The smallest absolute Gasteiger partial charge is 0.335 e. The van der Waals surface area contributed by atoms with Gasteiger partial charge in [0.1, 0.15) is 0 Å². The van der Waals surface area contributed by atoms with E-state index in [0.29, 0.717) is 25.4 Å². The number of carboxylic acids is 1. The quantitative estimate of drug-likeness (QED) is 0.777. The number of hydrogen-bond donors (Lipinski definition) is 2. The molecule has 6 heteroatoms. The topological polar surface area (TPSA) is 84.9 Å². The van der Waals surface area contributed by atoms with E-state index in [1.54, 1.807) is 25.3 Å². The number of carbonyl (C=O) groups is 2. The van der Waals surface area contributed by atoms with E-state index >= 15 is 0 Å². The minimum atomic E-state index is -0.947. The van der Waals surface area contributed by atoms with Crippen LogP contribution in [0.4, 0.5) is 0 Å². The van der Waals surface area contributed by atoms with E-state index in [2.05, 4.69) is 19.2 Å². The normalized spacial score (nSPS) is 32.4. The Kier molecular flexibility index (Phi) is 6.40. The molecule has 2 aliphatic rings. The molecule has 0 radical (unpaired) electrons. The number of nitrogens with one attached hydrogen (secondary N) is 1. The second-order valence-corrected chi connectivity index (χ2v) is 8.53. The van der Waals surface area contributed by atoms with Crippen LogP contribution in [0.5, 0.6) is 0 Å². The summed E-state index contributed by atoms with van der Waals surface area (Å²) in [4.78, 5) is 23.9. The highest BCUT2D eigenvalue weighted by Crippen LogP contribution is 2.47. The first-order valence-corrected chi connectivity index (χ1v) is 10.1. The van der Waals surface area contributed by atoms with E-state index in [-0.39, 0.29) is 29.6 Å². The molecule has 5 atom stereocenters. The Bertz CT molecular complexity index is 721. The van der Waals surface area contributed by atoms with Crippen molar-refractivity contribution in [3.05, 3.63) is 35.4 Å². The number of hydrogen-bond acceptors (Lipinski definition) is 4. The van der Waals surface area contributed by atoms with Gasteiger partial charge in [0, 0.05) is 31.4 Å². The van der Waals surface area contributed by atoms with Gasteiger partial charge in [-0.3, -0.25) is 4.79 Å². The minimum absolute atomic E-state index is 0.0124. The highest BCUT2D eigenvalue weighted by molar-refractivity contribution is 5.87. The molecule has 28 heavy (non-hydrogen) atoms. The van der Waals surface area contributed by atoms with Crippen molar-refractivity contribution in [2.45, 2.75) is 63.7 Å². The van der Waals surface area contributed by atoms with Crippen molar-refractivity contribution in [3.8, 4) is 0 Å². The van der Waals surface area contributed by atoms with Crippen LogP contribution in [0.1, 0.15) is 68.0 Å². The molecule has 1 heterocycles. The first-order chi connectivity index (χ1) is 13.3. The van der Waals surface area contributed by atoms with Crippen molar-refractivity contribution >= 4 is 11.9 Å². The molecule has 0 bridgehead atoms. The first kappa shape index (κ1) is 20.8. The lowest BCUT2D eigenvalue weighted by Crippen LogP contribution is -2.60. The van der Waals surface area contributed by atoms with E-state index in [4.69, 9.17) is 9.47 Å². The van der Waals surface area contributed by atoms with Gasteiger partial charge in [0.15, 0.2) is 0 Å². The summed E-state index contributed by atoms with van der Waals surface area (Å²) < 4.78 is 11.5. The fourth-order valence-corrected chi connectivity index (χ4v) is 4.79. The molecule has 3 rings (SSSR count). The molecule has 0 aromatic heterocycles. The lowest BCUT2D eigenvalue weighted by atomic mass is 9.66. The Morgan fingerprint density at radius 3 is 2.86 bits per heavy atom. The van der Waals surface area contributed by atoms with Crippen LogP contribution >= 0.6 is 0 Å². The average molecular weight is 389 g/mol. The monoisotopic (exact) mass is 389 g/mol. The zero-order valence-corrected chi connectivity index (χ0v) is 16.9. The number of fused-ring (bicyclic) bond motifs is 1. The van der Waals surface area contributed by atoms with Gasteiger partial charge in [0.25, 0.3) is 0 Å². The largest absolute Gasteiger partial charge is 0.478 e. The third-order valence-corrected chi connectivity index (χ3v) is 6.28. The van der Waals surface area contributed by atoms with Crippen LogP contribution in [0.3, 0.4) is 0 Å². The summed E-state index contributed by atoms with van der Waals surface area (Å²) in [6, 6.07) is 6.95. The number of carboxylic acid groups (broad SMARTS) is 1. The molecule has 1 saturated carbocycles. The van der Waals surface area contributed by atoms with Gasteiger partial charge in [-0.1, -0.05) is 25.5 Å². The van der Waals surface area contributed by atoms with Crippen LogP contribution < -0.4 is 5.32 Å². The number of rotatable bonds is 6. The molecule has 2 fully saturated rings. The summed E-state index contributed by atoms with van der Waals surface area (Å²) >= 11 is 0. The van der Waals surface area contributed by atoms with E-state index in [1.165, 1.54) is 0 Å². The molecule has 1 saturated heterocycles. The molecular formula is C22H31NO5. The third kappa shape index (κ3) is 4.55. The Labute approximate surface area is 166 Å². The number of ether oxygens (including phenoxy) is 2. The zero-order chi connectivity index (χ0) is 20.3. The van der Waals surface area contributed by atoms with Gasteiger partial charge in [-0.15, -0.1) is 0 Å². The van der Waals surface area contributed by atoms with Gasteiger partial charge in [0.05, 0.1) is 24.4 Å². The molecule has 1 aliphatic heterocycles. The minimum Gasteiger partial charge on any atom is -0.478 e. The van der Waals surface area contributed by atoms with E-state index in [1.807, 2.05) is 6.07 Å². The highest BCUT2D eigenvalue weighted by Gasteiger charge is 2.49. The number of amides is 1. The molecule has 154 valence electrons. The molecule has 6 nitrogen and oxygen atoms in total. The van der Waals surface area contributed by atoms with Crippen LogP contribution in [-0.2, 0) is 14.3 Å². The fourth-order valence-electron chi connectivity index (χ4n) is 4.79.